The van der Waals surface area contributed by atoms with Crippen LogP contribution in [0.15, 0.2) is 0 Å². The molecule has 1 unspecified atom stereocenters. The van der Waals surface area contributed by atoms with E-state index < -0.39 is 15.7 Å². The van der Waals surface area contributed by atoms with Gasteiger partial charge in [-0.1, -0.05) is 23.2 Å². The van der Waals surface area contributed by atoms with Crippen LogP contribution in [0.25, 0.3) is 0 Å². The van der Waals surface area contributed by atoms with Gasteiger partial charge >= 0.3 is 5.97 Å². The summed E-state index contributed by atoms with van der Waals surface area (Å²) in [5.41, 5.74) is 0. The average molecular weight is 254 g/mol. The molecule has 0 saturated carbocycles. The Morgan fingerprint density at radius 2 is 2.00 bits per heavy atom. The van der Waals surface area contributed by atoms with Crippen LogP contribution >= 0.6 is 46.4 Å². The zero-order valence-corrected chi connectivity index (χ0v) is 9.09. The SMILES string of the molecule is O=C(O)C(Cl)C(Cl)(Cl)CCCCl. The highest BCUT2D eigenvalue weighted by atomic mass is 35.5. The summed E-state index contributed by atoms with van der Waals surface area (Å²) in [4.78, 5) is 10.4. The van der Waals surface area contributed by atoms with Crippen LogP contribution in [0, 0.1) is 0 Å². The van der Waals surface area contributed by atoms with Gasteiger partial charge in [0.05, 0.1) is 0 Å². The molecule has 0 aromatic carbocycles. The molecule has 0 fully saturated rings. The van der Waals surface area contributed by atoms with Crippen LogP contribution in [0.3, 0.4) is 0 Å². The van der Waals surface area contributed by atoms with Crippen molar-refractivity contribution in [1.29, 1.82) is 0 Å². The number of carboxylic acid groups (broad SMARTS) is 1. The number of carboxylic acids is 1. The van der Waals surface area contributed by atoms with Crippen LogP contribution in [-0.2, 0) is 4.79 Å². The largest absolute Gasteiger partial charge is 0.480 e. The smallest absolute Gasteiger partial charge is 0.324 e. The number of carbonyl (C=O) groups is 1. The van der Waals surface area contributed by atoms with Crippen molar-refractivity contribution >= 4 is 52.4 Å². The Kier molecular flexibility index (Phi) is 5.66. The van der Waals surface area contributed by atoms with Gasteiger partial charge in [0.2, 0.25) is 0 Å². The molecule has 0 rings (SSSR count). The van der Waals surface area contributed by atoms with Crippen molar-refractivity contribution in [3.63, 3.8) is 0 Å². The number of halogens is 4. The van der Waals surface area contributed by atoms with E-state index in [0.29, 0.717) is 12.3 Å². The molecule has 12 heavy (non-hydrogen) atoms. The Bertz CT molecular complexity index is 160. The van der Waals surface area contributed by atoms with Gasteiger partial charge in [0, 0.05) is 5.88 Å². The van der Waals surface area contributed by atoms with Gasteiger partial charge in [-0.05, 0) is 12.8 Å². The lowest BCUT2D eigenvalue weighted by molar-refractivity contribution is -0.136. The Hall–Kier alpha value is 0.630. The summed E-state index contributed by atoms with van der Waals surface area (Å²) < 4.78 is -1.44. The number of rotatable bonds is 5. The summed E-state index contributed by atoms with van der Waals surface area (Å²) in [5.74, 6) is -0.846. The second-order valence-electron chi connectivity index (χ2n) is 2.25. The molecule has 1 N–H and O–H groups in total. The van der Waals surface area contributed by atoms with E-state index in [1.807, 2.05) is 0 Å². The van der Waals surface area contributed by atoms with Gasteiger partial charge in [-0.25, -0.2) is 0 Å². The number of aliphatic carboxylic acids is 1. The Labute approximate surface area is 90.7 Å². The predicted molar refractivity (Wildman–Crippen MR) is 51.7 cm³/mol. The fraction of sp³-hybridized carbons (Fsp3) is 0.833. The van der Waals surface area contributed by atoms with E-state index >= 15 is 0 Å². The van der Waals surface area contributed by atoms with Gasteiger partial charge in [-0.3, -0.25) is 4.79 Å². The lowest BCUT2D eigenvalue weighted by Gasteiger charge is -2.21. The van der Waals surface area contributed by atoms with Crippen LogP contribution in [0.4, 0.5) is 0 Å². The summed E-state index contributed by atoms with van der Waals surface area (Å²) in [7, 11) is 0. The van der Waals surface area contributed by atoms with Crippen LogP contribution in [0.2, 0.25) is 0 Å². The minimum absolute atomic E-state index is 0.264. The Morgan fingerprint density at radius 3 is 2.33 bits per heavy atom. The van der Waals surface area contributed by atoms with E-state index in [1.54, 1.807) is 0 Å². The monoisotopic (exact) mass is 252 g/mol. The summed E-state index contributed by atoms with van der Waals surface area (Å²) in [6.07, 6.45) is 0.797. The molecule has 0 spiro atoms. The van der Waals surface area contributed by atoms with Crippen LogP contribution in [-0.4, -0.2) is 26.7 Å². The molecular weight excluding hydrogens is 246 g/mol. The minimum atomic E-state index is -1.44. The molecule has 0 aromatic rings. The summed E-state index contributed by atoms with van der Waals surface area (Å²) in [6, 6.07) is 0. The van der Waals surface area contributed by atoms with Crippen molar-refractivity contribution in [2.45, 2.75) is 22.6 Å². The van der Waals surface area contributed by atoms with Crippen molar-refractivity contribution in [3.05, 3.63) is 0 Å². The van der Waals surface area contributed by atoms with Gasteiger partial charge in [0.15, 0.2) is 5.38 Å². The first-order valence-corrected chi connectivity index (χ1v) is 4.95. The van der Waals surface area contributed by atoms with E-state index in [2.05, 4.69) is 0 Å². The van der Waals surface area contributed by atoms with E-state index in [0.717, 1.165) is 0 Å². The summed E-state index contributed by atoms with van der Waals surface area (Å²) in [5, 5.41) is 7.18. The predicted octanol–water partition coefficient (Wildman–Crippen LogP) is 2.87. The second kappa shape index (κ2) is 5.38. The van der Waals surface area contributed by atoms with Crippen LogP contribution in [0.5, 0.6) is 0 Å². The molecule has 0 aliphatic carbocycles. The molecule has 0 aliphatic heterocycles. The highest BCUT2D eigenvalue weighted by Crippen LogP contribution is 2.34. The first kappa shape index (κ1) is 12.6. The average Bonchev–Trinajstić information content (AvgIpc) is 1.99. The van der Waals surface area contributed by atoms with Gasteiger partial charge in [0.1, 0.15) is 4.33 Å². The molecular formula is C6H8Cl4O2. The zero-order chi connectivity index (χ0) is 9.78. The van der Waals surface area contributed by atoms with Gasteiger partial charge in [-0.2, -0.15) is 0 Å². The minimum Gasteiger partial charge on any atom is -0.480 e. The third kappa shape index (κ3) is 4.04. The molecule has 0 bridgehead atoms. The maximum atomic E-state index is 10.4. The molecule has 0 radical (unpaired) electrons. The summed E-state index contributed by atoms with van der Waals surface area (Å²) >= 11 is 22.1. The maximum absolute atomic E-state index is 10.4. The summed E-state index contributed by atoms with van der Waals surface area (Å²) in [6.45, 7) is 0. The Morgan fingerprint density at radius 1 is 1.50 bits per heavy atom. The molecule has 1 atom stereocenters. The highest BCUT2D eigenvalue weighted by molar-refractivity contribution is 6.54. The quantitative estimate of drug-likeness (QED) is 0.766. The standard InChI is InChI=1S/C6H8Cl4O2/c7-3-1-2-6(9,10)4(8)5(11)12/h4H,1-3H2,(H,11,12). The van der Waals surface area contributed by atoms with Gasteiger partial charge in [-0.15, -0.1) is 23.2 Å². The van der Waals surface area contributed by atoms with Gasteiger partial charge < -0.3 is 5.11 Å². The van der Waals surface area contributed by atoms with Crippen LogP contribution in [0.1, 0.15) is 12.8 Å². The number of alkyl halides is 4. The number of hydrogen-bond donors (Lipinski definition) is 1. The van der Waals surface area contributed by atoms with Gasteiger partial charge in [0.25, 0.3) is 0 Å². The molecule has 6 heteroatoms. The molecule has 0 aromatic heterocycles. The molecule has 0 heterocycles. The molecule has 0 aliphatic rings. The van der Waals surface area contributed by atoms with E-state index in [-0.39, 0.29) is 6.42 Å². The van der Waals surface area contributed by atoms with Crippen LogP contribution < -0.4 is 0 Å². The van der Waals surface area contributed by atoms with Crippen molar-refractivity contribution in [3.8, 4) is 0 Å². The van der Waals surface area contributed by atoms with E-state index in [1.165, 1.54) is 0 Å². The van der Waals surface area contributed by atoms with Crippen molar-refractivity contribution < 1.29 is 9.90 Å². The van der Waals surface area contributed by atoms with Crippen molar-refractivity contribution in [2.75, 3.05) is 5.88 Å². The fourth-order valence-corrected chi connectivity index (χ4v) is 1.31. The zero-order valence-electron chi connectivity index (χ0n) is 6.07. The molecule has 0 amide bonds. The first-order chi connectivity index (χ1) is 5.41. The molecule has 2 nitrogen and oxygen atoms in total. The molecule has 0 saturated heterocycles. The third-order valence-electron chi connectivity index (χ3n) is 1.23. The fourth-order valence-electron chi connectivity index (χ4n) is 0.610. The first-order valence-electron chi connectivity index (χ1n) is 3.22. The van der Waals surface area contributed by atoms with Crippen molar-refractivity contribution in [1.82, 2.24) is 0 Å². The van der Waals surface area contributed by atoms with Crippen molar-refractivity contribution in [2.24, 2.45) is 0 Å². The van der Waals surface area contributed by atoms with E-state index in [9.17, 15) is 4.79 Å². The normalized spacial score (nSPS) is 14.3. The third-order valence-corrected chi connectivity index (χ3v) is 3.10. The lowest BCUT2D eigenvalue weighted by atomic mass is 10.2. The molecule has 72 valence electrons. The van der Waals surface area contributed by atoms with E-state index in [4.69, 9.17) is 51.5 Å². The second-order valence-corrected chi connectivity index (χ2v) is 4.61. The number of hydrogen-bond acceptors (Lipinski definition) is 1. The topological polar surface area (TPSA) is 37.3 Å². The highest BCUT2D eigenvalue weighted by Gasteiger charge is 2.38. The maximum Gasteiger partial charge on any atom is 0.324 e. The lowest BCUT2D eigenvalue weighted by Crippen LogP contribution is -2.33. The Balaban J connectivity index is 4.08.